The van der Waals surface area contributed by atoms with Gasteiger partial charge in [-0.2, -0.15) is 0 Å². The SMILES string of the molecule is CC(C)C(NS(=O)(=O)CC1(C)CCCCC1)C(=O)O. The molecule has 6 heteroatoms. The molecule has 0 radical (unpaired) electrons. The van der Waals surface area contributed by atoms with Crippen LogP contribution in [-0.4, -0.2) is 31.3 Å². The molecule has 0 aromatic rings. The Hall–Kier alpha value is -0.620. The third kappa shape index (κ3) is 5.10. The Balaban J connectivity index is 2.72. The molecule has 0 heterocycles. The monoisotopic (exact) mass is 291 g/mol. The summed E-state index contributed by atoms with van der Waals surface area (Å²) in [6.07, 6.45) is 5.06. The fourth-order valence-corrected chi connectivity index (χ4v) is 4.76. The number of hydrogen-bond acceptors (Lipinski definition) is 3. The van der Waals surface area contributed by atoms with Crippen molar-refractivity contribution in [1.29, 1.82) is 0 Å². The molecule has 0 aromatic carbocycles. The van der Waals surface area contributed by atoms with Crippen molar-refractivity contribution in [2.45, 2.75) is 58.9 Å². The van der Waals surface area contributed by atoms with Gasteiger partial charge in [-0.1, -0.05) is 40.0 Å². The van der Waals surface area contributed by atoms with Crippen LogP contribution >= 0.6 is 0 Å². The van der Waals surface area contributed by atoms with Gasteiger partial charge in [-0.05, 0) is 24.2 Å². The summed E-state index contributed by atoms with van der Waals surface area (Å²) in [5.74, 6) is -1.37. The normalized spacial score (nSPS) is 21.3. The van der Waals surface area contributed by atoms with Gasteiger partial charge in [0.05, 0.1) is 5.75 Å². The first-order valence-electron chi connectivity index (χ1n) is 6.88. The summed E-state index contributed by atoms with van der Waals surface area (Å²) in [6, 6.07) is -1.04. The van der Waals surface area contributed by atoms with Gasteiger partial charge < -0.3 is 5.11 Å². The molecule has 0 amide bonds. The van der Waals surface area contributed by atoms with E-state index in [4.69, 9.17) is 5.11 Å². The molecule has 0 bridgehead atoms. The number of carboxylic acids is 1. The topological polar surface area (TPSA) is 83.5 Å². The van der Waals surface area contributed by atoms with E-state index in [1.807, 2.05) is 6.92 Å². The number of hydrogen-bond donors (Lipinski definition) is 2. The summed E-state index contributed by atoms with van der Waals surface area (Å²) >= 11 is 0. The van der Waals surface area contributed by atoms with Crippen LogP contribution in [0.2, 0.25) is 0 Å². The molecule has 1 fully saturated rings. The van der Waals surface area contributed by atoms with Gasteiger partial charge in [-0.25, -0.2) is 13.1 Å². The number of rotatable bonds is 6. The Morgan fingerprint density at radius 3 is 2.21 bits per heavy atom. The van der Waals surface area contributed by atoms with E-state index in [1.54, 1.807) is 13.8 Å². The molecule has 0 saturated heterocycles. The minimum atomic E-state index is -3.56. The zero-order chi connectivity index (χ0) is 14.7. The maximum absolute atomic E-state index is 12.1. The van der Waals surface area contributed by atoms with Gasteiger partial charge in [0.1, 0.15) is 6.04 Å². The van der Waals surface area contributed by atoms with Crippen molar-refractivity contribution in [1.82, 2.24) is 4.72 Å². The highest BCUT2D eigenvalue weighted by atomic mass is 32.2. The molecule has 1 rings (SSSR count). The molecule has 1 aliphatic rings. The van der Waals surface area contributed by atoms with Crippen molar-refractivity contribution in [3.8, 4) is 0 Å². The first-order chi connectivity index (χ1) is 8.65. The highest BCUT2D eigenvalue weighted by Gasteiger charge is 2.35. The van der Waals surface area contributed by atoms with Crippen LogP contribution in [0, 0.1) is 11.3 Å². The minimum absolute atomic E-state index is 0.0243. The Labute approximate surface area is 115 Å². The summed E-state index contributed by atoms with van der Waals surface area (Å²) < 4.78 is 26.6. The second kappa shape index (κ2) is 6.22. The standard InChI is InChI=1S/C13H25NO4S/c1-10(2)11(12(15)16)14-19(17,18)9-13(3)7-5-4-6-8-13/h10-11,14H,4-9H2,1-3H3,(H,15,16). The van der Waals surface area contributed by atoms with E-state index in [0.717, 1.165) is 32.1 Å². The van der Waals surface area contributed by atoms with Crippen LogP contribution in [0.25, 0.3) is 0 Å². The van der Waals surface area contributed by atoms with E-state index < -0.39 is 22.0 Å². The van der Waals surface area contributed by atoms with Crippen LogP contribution in [0.15, 0.2) is 0 Å². The molecular formula is C13H25NO4S. The summed E-state index contributed by atoms with van der Waals surface area (Å²) in [6.45, 7) is 5.38. The van der Waals surface area contributed by atoms with E-state index in [9.17, 15) is 13.2 Å². The average Bonchev–Trinajstić information content (AvgIpc) is 2.24. The van der Waals surface area contributed by atoms with E-state index in [0.29, 0.717) is 0 Å². The van der Waals surface area contributed by atoms with Gasteiger partial charge in [0, 0.05) is 0 Å². The van der Waals surface area contributed by atoms with E-state index >= 15 is 0 Å². The molecule has 1 aliphatic carbocycles. The zero-order valence-electron chi connectivity index (χ0n) is 12.0. The van der Waals surface area contributed by atoms with Gasteiger partial charge in [-0.15, -0.1) is 0 Å². The fraction of sp³-hybridized carbons (Fsp3) is 0.923. The van der Waals surface area contributed by atoms with Crippen LogP contribution in [-0.2, 0) is 14.8 Å². The third-order valence-corrected chi connectivity index (χ3v) is 5.53. The summed E-state index contributed by atoms with van der Waals surface area (Å²) in [7, 11) is -3.56. The van der Waals surface area contributed by atoms with Crippen LogP contribution in [0.3, 0.4) is 0 Å². The Bertz CT molecular complexity index is 410. The molecule has 112 valence electrons. The van der Waals surface area contributed by atoms with E-state index in [-0.39, 0.29) is 17.1 Å². The van der Waals surface area contributed by atoms with Crippen molar-refractivity contribution in [2.75, 3.05) is 5.75 Å². The molecular weight excluding hydrogens is 266 g/mol. The van der Waals surface area contributed by atoms with Gasteiger partial charge >= 0.3 is 5.97 Å². The Kier molecular flexibility index (Phi) is 5.38. The van der Waals surface area contributed by atoms with Crippen molar-refractivity contribution >= 4 is 16.0 Å². The minimum Gasteiger partial charge on any atom is -0.480 e. The summed E-state index contributed by atoms with van der Waals surface area (Å²) in [4.78, 5) is 11.1. The molecule has 0 spiro atoms. The second-order valence-electron chi connectivity index (χ2n) is 6.31. The quantitative estimate of drug-likeness (QED) is 0.784. The van der Waals surface area contributed by atoms with Crippen molar-refractivity contribution < 1.29 is 18.3 Å². The predicted molar refractivity (Wildman–Crippen MR) is 74.4 cm³/mol. The molecule has 2 N–H and O–H groups in total. The lowest BCUT2D eigenvalue weighted by molar-refractivity contribution is -0.140. The van der Waals surface area contributed by atoms with Gasteiger partial charge in [-0.3, -0.25) is 4.79 Å². The first kappa shape index (κ1) is 16.4. The molecule has 1 saturated carbocycles. The second-order valence-corrected chi connectivity index (χ2v) is 8.06. The lowest BCUT2D eigenvalue weighted by atomic mass is 9.77. The third-order valence-electron chi connectivity index (χ3n) is 3.84. The number of carbonyl (C=O) groups is 1. The predicted octanol–water partition coefficient (Wildman–Crippen LogP) is 1.99. The molecule has 0 aromatic heterocycles. The molecule has 0 aliphatic heterocycles. The van der Waals surface area contributed by atoms with Crippen molar-refractivity contribution in [3.05, 3.63) is 0 Å². The Morgan fingerprint density at radius 1 is 1.26 bits per heavy atom. The molecule has 1 unspecified atom stereocenters. The highest BCUT2D eigenvalue weighted by molar-refractivity contribution is 7.89. The summed E-state index contributed by atoms with van der Waals surface area (Å²) in [5.41, 5.74) is -0.218. The Morgan fingerprint density at radius 2 is 1.79 bits per heavy atom. The maximum Gasteiger partial charge on any atom is 0.321 e. The largest absolute Gasteiger partial charge is 0.480 e. The molecule has 5 nitrogen and oxygen atoms in total. The smallest absolute Gasteiger partial charge is 0.321 e. The van der Waals surface area contributed by atoms with Gasteiger partial charge in [0.2, 0.25) is 10.0 Å². The average molecular weight is 291 g/mol. The lowest BCUT2D eigenvalue weighted by Gasteiger charge is -2.33. The van der Waals surface area contributed by atoms with Crippen molar-refractivity contribution in [3.63, 3.8) is 0 Å². The number of sulfonamides is 1. The molecule has 1 atom stereocenters. The van der Waals surface area contributed by atoms with Crippen LogP contribution in [0.1, 0.15) is 52.9 Å². The van der Waals surface area contributed by atoms with Crippen LogP contribution in [0.4, 0.5) is 0 Å². The number of aliphatic carboxylic acids is 1. The maximum atomic E-state index is 12.1. The first-order valence-corrected chi connectivity index (χ1v) is 8.53. The van der Waals surface area contributed by atoms with Crippen LogP contribution < -0.4 is 4.72 Å². The summed E-state index contributed by atoms with van der Waals surface area (Å²) in [5, 5.41) is 9.05. The number of nitrogens with one attached hydrogen (secondary N) is 1. The fourth-order valence-electron chi connectivity index (χ4n) is 2.72. The lowest BCUT2D eigenvalue weighted by Crippen LogP contribution is -2.47. The van der Waals surface area contributed by atoms with E-state index in [2.05, 4.69) is 4.72 Å². The number of carboxylic acid groups (broad SMARTS) is 1. The van der Waals surface area contributed by atoms with E-state index in [1.165, 1.54) is 0 Å². The van der Waals surface area contributed by atoms with Gasteiger partial charge in [0.15, 0.2) is 0 Å². The van der Waals surface area contributed by atoms with Crippen LogP contribution in [0.5, 0.6) is 0 Å². The van der Waals surface area contributed by atoms with Crippen molar-refractivity contribution in [2.24, 2.45) is 11.3 Å². The van der Waals surface area contributed by atoms with Gasteiger partial charge in [0.25, 0.3) is 0 Å². The zero-order valence-corrected chi connectivity index (χ0v) is 12.8. The highest BCUT2D eigenvalue weighted by Crippen LogP contribution is 2.36. The molecule has 19 heavy (non-hydrogen) atoms.